The number of carbonyl (C=O) groups excluding carboxylic acids is 1. The van der Waals surface area contributed by atoms with Crippen LogP contribution < -0.4 is 15.8 Å². The Hall–Kier alpha value is -1.55. The Bertz CT molecular complexity index is 435. The van der Waals surface area contributed by atoms with Crippen LogP contribution in [-0.4, -0.2) is 18.6 Å². The van der Waals surface area contributed by atoms with E-state index in [1.807, 2.05) is 24.3 Å². The van der Waals surface area contributed by atoms with Crippen LogP contribution in [0.5, 0.6) is 5.75 Å². The van der Waals surface area contributed by atoms with Gasteiger partial charge in [0.05, 0.1) is 6.10 Å². The van der Waals surface area contributed by atoms with Crippen molar-refractivity contribution < 1.29 is 9.53 Å². The number of ether oxygens (including phenoxy) is 1. The highest BCUT2D eigenvalue weighted by atomic mass is 16.5. The summed E-state index contributed by atoms with van der Waals surface area (Å²) in [6.45, 7) is 2.61. The topological polar surface area (TPSA) is 64.4 Å². The van der Waals surface area contributed by atoms with E-state index in [2.05, 4.69) is 12.2 Å². The highest BCUT2D eigenvalue weighted by Crippen LogP contribution is 2.25. The van der Waals surface area contributed by atoms with E-state index in [1.165, 1.54) is 12.8 Å². The van der Waals surface area contributed by atoms with Gasteiger partial charge < -0.3 is 15.8 Å². The fourth-order valence-corrected chi connectivity index (χ4v) is 2.68. The SMILES string of the molecule is CCC(CN)CC(=O)Nc1ccc(OC2CCCC2)cc1. The van der Waals surface area contributed by atoms with Gasteiger partial charge in [-0.3, -0.25) is 4.79 Å². The van der Waals surface area contributed by atoms with Crippen LogP contribution in [0, 0.1) is 5.92 Å². The van der Waals surface area contributed by atoms with Gasteiger partial charge in [0, 0.05) is 12.1 Å². The quantitative estimate of drug-likeness (QED) is 0.809. The zero-order chi connectivity index (χ0) is 15.1. The molecular weight excluding hydrogens is 264 g/mol. The summed E-state index contributed by atoms with van der Waals surface area (Å²) in [7, 11) is 0. The van der Waals surface area contributed by atoms with E-state index >= 15 is 0 Å². The summed E-state index contributed by atoms with van der Waals surface area (Å²) in [5.41, 5.74) is 6.44. The highest BCUT2D eigenvalue weighted by Gasteiger charge is 2.16. The molecule has 116 valence electrons. The second-order valence-corrected chi connectivity index (χ2v) is 5.81. The van der Waals surface area contributed by atoms with Gasteiger partial charge in [-0.15, -0.1) is 0 Å². The maximum atomic E-state index is 11.9. The first-order chi connectivity index (χ1) is 10.2. The van der Waals surface area contributed by atoms with E-state index in [0.29, 0.717) is 19.1 Å². The summed E-state index contributed by atoms with van der Waals surface area (Å²) in [6, 6.07) is 7.64. The molecule has 0 heterocycles. The molecule has 1 aliphatic rings. The largest absolute Gasteiger partial charge is 0.490 e. The number of hydrogen-bond acceptors (Lipinski definition) is 3. The van der Waals surface area contributed by atoms with Crippen molar-refractivity contribution in [2.24, 2.45) is 11.7 Å². The molecule has 1 unspecified atom stereocenters. The van der Waals surface area contributed by atoms with Crippen molar-refractivity contribution in [3.63, 3.8) is 0 Å². The van der Waals surface area contributed by atoms with E-state index in [4.69, 9.17) is 10.5 Å². The minimum absolute atomic E-state index is 0.0248. The first-order valence-electron chi connectivity index (χ1n) is 7.98. The van der Waals surface area contributed by atoms with Gasteiger partial charge in [0.25, 0.3) is 0 Å². The number of carbonyl (C=O) groups is 1. The molecule has 0 aromatic heterocycles. The molecule has 1 aromatic rings. The van der Waals surface area contributed by atoms with Crippen molar-refractivity contribution in [2.45, 2.75) is 51.6 Å². The summed E-state index contributed by atoms with van der Waals surface area (Å²) >= 11 is 0. The molecule has 1 amide bonds. The molecule has 1 atom stereocenters. The Labute approximate surface area is 127 Å². The first-order valence-corrected chi connectivity index (χ1v) is 7.98. The van der Waals surface area contributed by atoms with Crippen molar-refractivity contribution >= 4 is 11.6 Å². The molecule has 21 heavy (non-hydrogen) atoms. The van der Waals surface area contributed by atoms with Gasteiger partial charge in [0.1, 0.15) is 5.75 Å². The molecule has 0 saturated heterocycles. The van der Waals surface area contributed by atoms with Crippen LogP contribution in [0.3, 0.4) is 0 Å². The first kappa shape index (κ1) is 15.8. The maximum Gasteiger partial charge on any atom is 0.224 e. The molecule has 2 rings (SSSR count). The Kier molecular flexibility index (Phi) is 6.05. The fourth-order valence-electron chi connectivity index (χ4n) is 2.68. The third kappa shape index (κ3) is 5.05. The van der Waals surface area contributed by atoms with Gasteiger partial charge >= 0.3 is 0 Å². The molecule has 0 aliphatic heterocycles. The zero-order valence-electron chi connectivity index (χ0n) is 12.8. The molecule has 1 aliphatic carbocycles. The van der Waals surface area contributed by atoms with Crippen LogP contribution in [0.4, 0.5) is 5.69 Å². The van der Waals surface area contributed by atoms with E-state index in [-0.39, 0.29) is 11.8 Å². The summed E-state index contributed by atoms with van der Waals surface area (Å²) in [4.78, 5) is 11.9. The molecule has 4 heteroatoms. The third-order valence-corrected chi connectivity index (χ3v) is 4.13. The second kappa shape index (κ2) is 8.03. The van der Waals surface area contributed by atoms with Crippen molar-refractivity contribution in [2.75, 3.05) is 11.9 Å². The Morgan fingerprint density at radius 2 is 2.00 bits per heavy atom. The Morgan fingerprint density at radius 1 is 1.33 bits per heavy atom. The summed E-state index contributed by atoms with van der Waals surface area (Å²) in [6.07, 6.45) is 6.59. The van der Waals surface area contributed by atoms with Gasteiger partial charge in [-0.25, -0.2) is 0 Å². The van der Waals surface area contributed by atoms with E-state index in [9.17, 15) is 4.79 Å². The Morgan fingerprint density at radius 3 is 2.57 bits per heavy atom. The minimum Gasteiger partial charge on any atom is -0.490 e. The van der Waals surface area contributed by atoms with Crippen LogP contribution in [0.15, 0.2) is 24.3 Å². The third-order valence-electron chi connectivity index (χ3n) is 4.13. The molecule has 1 saturated carbocycles. The number of rotatable bonds is 7. The van der Waals surface area contributed by atoms with Crippen LogP contribution in [0.2, 0.25) is 0 Å². The van der Waals surface area contributed by atoms with Gasteiger partial charge in [-0.05, 0) is 62.4 Å². The van der Waals surface area contributed by atoms with Gasteiger partial charge in [0.2, 0.25) is 5.91 Å². The summed E-state index contributed by atoms with van der Waals surface area (Å²) in [5.74, 6) is 1.17. The zero-order valence-corrected chi connectivity index (χ0v) is 12.8. The lowest BCUT2D eigenvalue weighted by Gasteiger charge is -2.14. The normalized spacial score (nSPS) is 16.7. The number of hydrogen-bond donors (Lipinski definition) is 2. The number of nitrogens with two attached hydrogens (primary N) is 1. The number of benzene rings is 1. The molecule has 0 bridgehead atoms. The smallest absolute Gasteiger partial charge is 0.224 e. The predicted octanol–water partition coefficient (Wildman–Crippen LogP) is 3.32. The van der Waals surface area contributed by atoms with E-state index < -0.39 is 0 Å². The average molecular weight is 290 g/mol. The maximum absolute atomic E-state index is 11.9. The van der Waals surface area contributed by atoms with Crippen molar-refractivity contribution in [1.82, 2.24) is 0 Å². The van der Waals surface area contributed by atoms with Crippen molar-refractivity contribution in [3.8, 4) is 5.75 Å². The van der Waals surface area contributed by atoms with Gasteiger partial charge in [-0.1, -0.05) is 13.3 Å². The standard InChI is InChI=1S/C17H26N2O2/c1-2-13(12-18)11-17(20)19-14-7-9-16(10-8-14)21-15-5-3-4-6-15/h7-10,13,15H,2-6,11-12,18H2,1H3,(H,19,20). The lowest BCUT2D eigenvalue weighted by molar-refractivity contribution is -0.117. The van der Waals surface area contributed by atoms with Gasteiger partial charge in [0.15, 0.2) is 0 Å². The van der Waals surface area contributed by atoms with Crippen molar-refractivity contribution in [1.29, 1.82) is 0 Å². The van der Waals surface area contributed by atoms with Crippen molar-refractivity contribution in [3.05, 3.63) is 24.3 Å². The lowest BCUT2D eigenvalue weighted by Crippen LogP contribution is -2.21. The van der Waals surface area contributed by atoms with Crippen LogP contribution in [0.1, 0.15) is 45.4 Å². The number of anilines is 1. The summed E-state index contributed by atoms with van der Waals surface area (Å²) in [5, 5.41) is 2.91. The fraction of sp³-hybridized carbons (Fsp3) is 0.588. The minimum atomic E-state index is 0.0248. The average Bonchev–Trinajstić information content (AvgIpc) is 3.00. The molecule has 0 radical (unpaired) electrons. The molecule has 3 N–H and O–H groups in total. The highest BCUT2D eigenvalue weighted by molar-refractivity contribution is 5.90. The van der Waals surface area contributed by atoms with Crippen LogP contribution in [0.25, 0.3) is 0 Å². The van der Waals surface area contributed by atoms with E-state index in [0.717, 1.165) is 30.7 Å². The number of amides is 1. The summed E-state index contributed by atoms with van der Waals surface area (Å²) < 4.78 is 5.91. The van der Waals surface area contributed by atoms with Crippen LogP contribution >= 0.6 is 0 Å². The number of nitrogens with one attached hydrogen (secondary N) is 1. The molecule has 4 nitrogen and oxygen atoms in total. The van der Waals surface area contributed by atoms with Crippen LogP contribution in [-0.2, 0) is 4.79 Å². The lowest BCUT2D eigenvalue weighted by atomic mass is 10.0. The van der Waals surface area contributed by atoms with E-state index in [1.54, 1.807) is 0 Å². The predicted molar refractivity (Wildman–Crippen MR) is 85.4 cm³/mol. The second-order valence-electron chi connectivity index (χ2n) is 5.81. The molecule has 0 spiro atoms. The molecule has 1 fully saturated rings. The van der Waals surface area contributed by atoms with Gasteiger partial charge in [-0.2, -0.15) is 0 Å². The molecular formula is C17H26N2O2. The Balaban J connectivity index is 1.82. The molecule has 1 aromatic carbocycles. The monoisotopic (exact) mass is 290 g/mol.